The fourth-order valence-corrected chi connectivity index (χ4v) is 2.55. The standard InChI is InChI=1S/C12H22BN3O4/c1-20-6-9(14)10(17)16-5-8(3-2-4-13)12(15,7-16)11(18)19/h8-9H,2-7,14-15H2,1H3,(H,18,19)/t8-,9-,12-/m0/s1. The summed E-state index contributed by atoms with van der Waals surface area (Å²) in [5.74, 6) is -1.75. The van der Waals surface area contributed by atoms with E-state index in [1.54, 1.807) is 0 Å². The Morgan fingerprint density at radius 2 is 2.25 bits per heavy atom. The molecule has 0 bridgehead atoms. The summed E-state index contributed by atoms with van der Waals surface area (Å²) in [5, 5.41) is 9.33. The van der Waals surface area contributed by atoms with Gasteiger partial charge in [0.2, 0.25) is 5.91 Å². The molecule has 2 radical (unpaired) electrons. The minimum atomic E-state index is -1.43. The molecule has 1 saturated heterocycles. The molecular weight excluding hydrogens is 261 g/mol. The number of methoxy groups -OCH3 is 1. The molecule has 1 aliphatic rings. The van der Waals surface area contributed by atoms with E-state index in [2.05, 4.69) is 0 Å². The van der Waals surface area contributed by atoms with Crippen molar-refractivity contribution in [3.05, 3.63) is 0 Å². The van der Waals surface area contributed by atoms with Crippen LogP contribution < -0.4 is 11.5 Å². The van der Waals surface area contributed by atoms with E-state index in [0.717, 1.165) is 0 Å². The fraction of sp³-hybridized carbons (Fsp3) is 0.833. The monoisotopic (exact) mass is 283 g/mol. The quantitative estimate of drug-likeness (QED) is 0.493. The zero-order valence-electron chi connectivity index (χ0n) is 11.7. The summed E-state index contributed by atoms with van der Waals surface area (Å²) in [6.07, 6.45) is 1.70. The van der Waals surface area contributed by atoms with Crippen LogP contribution in [0.15, 0.2) is 0 Å². The van der Waals surface area contributed by atoms with Crippen LogP contribution in [0.1, 0.15) is 12.8 Å². The van der Waals surface area contributed by atoms with Gasteiger partial charge < -0.3 is 26.2 Å². The van der Waals surface area contributed by atoms with Crippen molar-refractivity contribution in [3.8, 4) is 0 Å². The van der Waals surface area contributed by atoms with Gasteiger partial charge in [-0.2, -0.15) is 0 Å². The molecule has 1 aliphatic heterocycles. The predicted molar refractivity (Wildman–Crippen MR) is 74.3 cm³/mol. The molecule has 5 N–H and O–H groups in total. The largest absolute Gasteiger partial charge is 0.480 e. The highest BCUT2D eigenvalue weighted by Gasteiger charge is 2.50. The third kappa shape index (κ3) is 3.50. The molecule has 1 fully saturated rings. The highest BCUT2D eigenvalue weighted by molar-refractivity contribution is 6.08. The van der Waals surface area contributed by atoms with E-state index in [0.29, 0.717) is 25.7 Å². The van der Waals surface area contributed by atoms with Gasteiger partial charge in [-0.25, -0.2) is 0 Å². The lowest BCUT2D eigenvalue weighted by Gasteiger charge is -2.25. The maximum absolute atomic E-state index is 12.1. The molecule has 1 rings (SSSR count). The number of likely N-dealkylation sites (tertiary alicyclic amines) is 1. The summed E-state index contributed by atoms with van der Waals surface area (Å²) < 4.78 is 4.84. The Labute approximate surface area is 120 Å². The summed E-state index contributed by atoms with van der Waals surface area (Å²) in [6.45, 7) is 0.348. The zero-order chi connectivity index (χ0) is 15.3. The highest BCUT2D eigenvalue weighted by atomic mass is 16.5. The van der Waals surface area contributed by atoms with Crippen LogP contribution in [0, 0.1) is 5.92 Å². The highest BCUT2D eigenvalue weighted by Crippen LogP contribution is 2.30. The lowest BCUT2D eigenvalue weighted by Crippen LogP contribution is -2.55. The van der Waals surface area contributed by atoms with Crippen molar-refractivity contribution in [3.63, 3.8) is 0 Å². The van der Waals surface area contributed by atoms with Crippen LogP contribution >= 0.6 is 0 Å². The number of aliphatic carboxylic acids is 1. The minimum Gasteiger partial charge on any atom is -0.480 e. The van der Waals surface area contributed by atoms with Gasteiger partial charge in [-0.3, -0.25) is 9.59 Å². The molecule has 0 aliphatic carbocycles. The Balaban J connectivity index is 2.79. The topological polar surface area (TPSA) is 119 Å². The number of rotatable bonds is 7. The van der Waals surface area contributed by atoms with Gasteiger partial charge in [0.25, 0.3) is 0 Å². The molecule has 0 saturated carbocycles. The van der Waals surface area contributed by atoms with Crippen LogP contribution in [0.4, 0.5) is 0 Å². The van der Waals surface area contributed by atoms with Crippen molar-refractivity contribution in [2.24, 2.45) is 17.4 Å². The SMILES string of the molecule is [B]CCC[C@H]1CN(C(=O)[C@@H](N)COC)C[C@@]1(N)C(=O)O. The molecule has 3 atom stereocenters. The second-order valence-corrected chi connectivity index (χ2v) is 5.25. The molecule has 112 valence electrons. The first kappa shape index (κ1) is 16.9. The van der Waals surface area contributed by atoms with Crippen molar-refractivity contribution < 1.29 is 19.4 Å². The molecule has 8 heteroatoms. The van der Waals surface area contributed by atoms with Crippen molar-refractivity contribution in [2.75, 3.05) is 26.8 Å². The number of hydrogen-bond donors (Lipinski definition) is 3. The van der Waals surface area contributed by atoms with E-state index in [4.69, 9.17) is 24.1 Å². The van der Waals surface area contributed by atoms with Crippen molar-refractivity contribution in [1.29, 1.82) is 0 Å². The van der Waals surface area contributed by atoms with E-state index < -0.39 is 17.6 Å². The van der Waals surface area contributed by atoms with Gasteiger partial charge in [-0.1, -0.05) is 12.7 Å². The van der Waals surface area contributed by atoms with Gasteiger partial charge in [0.1, 0.15) is 11.6 Å². The summed E-state index contributed by atoms with van der Waals surface area (Å²) in [5.41, 5.74) is 10.2. The third-order valence-electron chi connectivity index (χ3n) is 3.75. The molecular formula is C12H22BN3O4. The Morgan fingerprint density at radius 3 is 2.75 bits per heavy atom. The molecule has 20 heavy (non-hydrogen) atoms. The van der Waals surface area contributed by atoms with Crippen molar-refractivity contribution in [2.45, 2.75) is 30.7 Å². The summed E-state index contributed by atoms with van der Waals surface area (Å²) in [4.78, 5) is 24.9. The average molecular weight is 283 g/mol. The van der Waals surface area contributed by atoms with Crippen LogP contribution in [0.5, 0.6) is 0 Å². The second-order valence-electron chi connectivity index (χ2n) is 5.25. The number of carboxylic acids is 1. The van der Waals surface area contributed by atoms with Gasteiger partial charge in [0.05, 0.1) is 14.5 Å². The van der Waals surface area contributed by atoms with Crippen LogP contribution in [0.25, 0.3) is 0 Å². The van der Waals surface area contributed by atoms with Crippen LogP contribution in [0.3, 0.4) is 0 Å². The van der Waals surface area contributed by atoms with E-state index in [-0.39, 0.29) is 25.0 Å². The first-order chi connectivity index (χ1) is 9.36. The number of carbonyl (C=O) groups excluding carboxylic acids is 1. The summed E-state index contributed by atoms with van der Waals surface area (Å²) >= 11 is 0. The third-order valence-corrected chi connectivity index (χ3v) is 3.75. The number of ether oxygens (including phenoxy) is 1. The normalized spacial score (nSPS) is 27.6. The average Bonchev–Trinajstić information content (AvgIpc) is 2.74. The smallest absolute Gasteiger partial charge is 0.325 e. The van der Waals surface area contributed by atoms with Crippen LogP contribution in [-0.4, -0.2) is 68.1 Å². The summed E-state index contributed by atoms with van der Waals surface area (Å²) in [7, 11) is 6.90. The molecule has 7 nitrogen and oxygen atoms in total. The number of hydrogen-bond acceptors (Lipinski definition) is 5. The lowest BCUT2D eigenvalue weighted by molar-refractivity contribution is -0.144. The van der Waals surface area contributed by atoms with Gasteiger partial charge in [-0.15, -0.1) is 0 Å². The van der Waals surface area contributed by atoms with Gasteiger partial charge in [-0.05, 0) is 6.42 Å². The Morgan fingerprint density at radius 1 is 1.60 bits per heavy atom. The van der Waals surface area contributed by atoms with Gasteiger partial charge in [0.15, 0.2) is 0 Å². The molecule has 0 aromatic heterocycles. The molecule has 0 aromatic carbocycles. The van der Waals surface area contributed by atoms with Gasteiger partial charge in [0, 0.05) is 26.1 Å². The molecule has 0 spiro atoms. The minimum absolute atomic E-state index is 0.0339. The summed E-state index contributed by atoms with van der Waals surface area (Å²) in [6, 6.07) is -0.800. The number of nitrogens with two attached hydrogens (primary N) is 2. The van der Waals surface area contributed by atoms with E-state index in [1.165, 1.54) is 12.0 Å². The molecule has 0 unspecified atom stereocenters. The molecule has 0 aromatic rings. The second kappa shape index (κ2) is 7.05. The first-order valence-electron chi connectivity index (χ1n) is 6.62. The Kier molecular flexibility index (Phi) is 5.97. The molecule has 1 heterocycles. The maximum Gasteiger partial charge on any atom is 0.325 e. The Hall–Kier alpha value is -1.12. The number of carboxylic acid groups (broad SMARTS) is 1. The maximum atomic E-state index is 12.1. The number of carbonyl (C=O) groups is 2. The van der Waals surface area contributed by atoms with Crippen molar-refractivity contribution >= 4 is 19.7 Å². The lowest BCUT2D eigenvalue weighted by atomic mass is 9.83. The van der Waals surface area contributed by atoms with E-state index >= 15 is 0 Å². The van der Waals surface area contributed by atoms with E-state index in [9.17, 15) is 14.7 Å². The van der Waals surface area contributed by atoms with Crippen LogP contribution in [-0.2, 0) is 14.3 Å². The molecule has 1 amide bonds. The number of amides is 1. The number of nitrogens with zero attached hydrogens (tertiary/aromatic N) is 1. The Bertz CT molecular complexity index is 369. The fourth-order valence-electron chi connectivity index (χ4n) is 2.55. The first-order valence-corrected chi connectivity index (χ1v) is 6.62. The predicted octanol–water partition coefficient (Wildman–Crippen LogP) is -1.43. The van der Waals surface area contributed by atoms with E-state index in [1.807, 2.05) is 0 Å². The zero-order valence-corrected chi connectivity index (χ0v) is 11.7. The van der Waals surface area contributed by atoms with Gasteiger partial charge >= 0.3 is 5.97 Å². The van der Waals surface area contributed by atoms with Crippen LogP contribution in [0.2, 0.25) is 6.32 Å². The van der Waals surface area contributed by atoms with Crippen molar-refractivity contribution in [1.82, 2.24) is 4.90 Å².